The van der Waals surface area contributed by atoms with Crippen molar-refractivity contribution in [3.63, 3.8) is 0 Å². The predicted molar refractivity (Wildman–Crippen MR) is 137 cm³/mol. The minimum atomic E-state index is -0.983. The van der Waals surface area contributed by atoms with Gasteiger partial charge in [-0.15, -0.1) is 0 Å². The summed E-state index contributed by atoms with van der Waals surface area (Å²) < 4.78 is 16.4. The lowest BCUT2D eigenvalue weighted by molar-refractivity contribution is -0.161. The number of aliphatic carboxylic acids is 1. The smallest absolute Gasteiger partial charge is 0.341 e. The normalized spacial score (nSPS) is 29.5. The average molecular weight is 506 g/mol. The maximum atomic E-state index is 14.3. The van der Waals surface area contributed by atoms with Gasteiger partial charge in [-0.25, -0.2) is 4.79 Å². The second kappa shape index (κ2) is 8.96. The molecule has 4 bridgehead atoms. The standard InChI is InChI=1S/C30H35NO6/c1-35-25-10-21-7-8-31(16-22(21)11-26(25)36-2)28(34)30-14-19-9-20(15-30)13-29(12-19,18-30)23-3-5-24(6-4-23)37-17-27(32)33/h3-6,10-11,19-20H,7-9,12-18H2,1-2H3,(H,32,33). The first kappa shape index (κ1) is 24.1. The number of nitrogens with zero attached hydrogens (tertiary/aromatic N) is 1. The van der Waals surface area contributed by atoms with Crippen molar-refractivity contribution < 1.29 is 28.9 Å². The number of rotatable bonds is 7. The number of carboxylic acid groups (broad SMARTS) is 1. The Bertz CT molecular complexity index is 1210. The molecule has 7 heteroatoms. The molecule has 196 valence electrons. The van der Waals surface area contributed by atoms with E-state index in [2.05, 4.69) is 23.1 Å². The summed E-state index contributed by atoms with van der Waals surface area (Å²) in [5.74, 6) is 2.52. The Balaban J connectivity index is 1.25. The van der Waals surface area contributed by atoms with E-state index < -0.39 is 5.97 Å². The summed E-state index contributed by atoms with van der Waals surface area (Å²) in [5.41, 5.74) is 3.36. The predicted octanol–water partition coefficient (Wildman–Crippen LogP) is 4.59. The number of benzene rings is 2. The van der Waals surface area contributed by atoms with Crippen LogP contribution in [0, 0.1) is 17.3 Å². The number of hydrogen-bond donors (Lipinski definition) is 1. The molecule has 2 atom stereocenters. The number of ether oxygens (including phenoxy) is 3. The van der Waals surface area contributed by atoms with E-state index in [9.17, 15) is 9.59 Å². The van der Waals surface area contributed by atoms with Crippen LogP contribution in [0.5, 0.6) is 17.2 Å². The lowest BCUT2D eigenvalue weighted by atomic mass is 9.42. The van der Waals surface area contributed by atoms with Crippen molar-refractivity contribution in [1.82, 2.24) is 4.90 Å². The number of methoxy groups -OCH3 is 2. The van der Waals surface area contributed by atoms with Crippen LogP contribution in [0.4, 0.5) is 0 Å². The summed E-state index contributed by atoms with van der Waals surface area (Å²) >= 11 is 0. The van der Waals surface area contributed by atoms with Crippen LogP contribution >= 0.6 is 0 Å². The van der Waals surface area contributed by atoms with Crippen molar-refractivity contribution >= 4 is 11.9 Å². The van der Waals surface area contributed by atoms with Crippen LogP contribution in [0.1, 0.15) is 55.2 Å². The van der Waals surface area contributed by atoms with Crippen LogP contribution in [0.25, 0.3) is 0 Å². The van der Waals surface area contributed by atoms with Crippen molar-refractivity contribution in [1.29, 1.82) is 0 Å². The molecule has 7 nitrogen and oxygen atoms in total. The van der Waals surface area contributed by atoms with Gasteiger partial charge in [0.05, 0.1) is 19.6 Å². The lowest BCUT2D eigenvalue weighted by Crippen LogP contribution is -2.60. The quantitative estimate of drug-likeness (QED) is 0.593. The third kappa shape index (κ3) is 4.12. The van der Waals surface area contributed by atoms with E-state index in [4.69, 9.17) is 19.3 Å². The zero-order valence-corrected chi connectivity index (χ0v) is 21.6. The molecule has 37 heavy (non-hydrogen) atoms. The minimum absolute atomic E-state index is 0.00928. The van der Waals surface area contributed by atoms with Crippen LogP contribution in [0.15, 0.2) is 36.4 Å². The molecule has 0 aromatic heterocycles. The highest BCUT2D eigenvalue weighted by Gasteiger charge is 2.61. The molecule has 1 amide bonds. The van der Waals surface area contributed by atoms with Gasteiger partial charge in [0.25, 0.3) is 0 Å². The van der Waals surface area contributed by atoms with Crippen LogP contribution < -0.4 is 14.2 Å². The van der Waals surface area contributed by atoms with Gasteiger partial charge in [0.2, 0.25) is 5.91 Å². The van der Waals surface area contributed by atoms with E-state index in [0.29, 0.717) is 35.8 Å². The number of carbonyl (C=O) groups excluding carboxylic acids is 1. The molecule has 4 saturated carbocycles. The van der Waals surface area contributed by atoms with Gasteiger partial charge in [0.1, 0.15) is 5.75 Å². The van der Waals surface area contributed by atoms with E-state index in [1.165, 1.54) is 17.5 Å². The van der Waals surface area contributed by atoms with Crippen LogP contribution in [0.2, 0.25) is 0 Å². The monoisotopic (exact) mass is 505 g/mol. The first-order valence-electron chi connectivity index (χ1n) is 13.3. The Morgan fingerprint density at radius 2 is 1.62 bits per heavy atom. The molecule has 1 aliphatic heterocycles. The average Bonchev–Trinajstić information content (AvgIpc) is 2.89. The molecule has 7 rings (SSSR count). The molecule has 0 spiro atoms. The summed E-state index contributed by atoms with van der Waals surface area (Å²) in [5, 5.41) is 8.90. The third-order valence-corrected chi connectivity index (χ3v) is 9.35. The summed E-state index contributed by atoms with van der Waals surface area (Å²) in [6.07, 6.45) is 7.22. The third-order valence-electron chi connectivity index (χ3n) is 9.35. The van der Waals surface area contributed by atoms with Crippen molar-refractivity contribution in [2.75, 3.05) is 27.4 Å². The van der Waals surface area contributed by atoms with Crippen LogP contribution in [-0.4, -0.2) is 49.3 Å². The molecule has 2 aromatic rings. The van der Waals surface area contributed by atoms with Crippen molar-refractivity contribution in [3.8, 4) is 17.2 Å². The first-order valence-corrected chi connectivity index (χ1v) is 13.3. The molecule has 0 saturated heterocycles. The fourth-order valence-corrected chi connectivity index (χ4v) is 8.29. The van der Waals surface area contributed by atoms with E-state index in [1.54, 1.807) is 14.2 Å². The topological polar surface area (TPSA) is 85.3 Å². The Morgan fingerprint density at radius 1 is 0.973 bits per heavy atom. The molecule has 4 aliphatic carbocycles. The highest BCUT2D eigenvalue weighted by Crippen LogP contribution is 2.66. The summed E-state index contributed by atoms with van der Waals surface area (Å²) in [4.78, 5) is 27.3. The van der Waals surface area contributed by atoms with E-state index in [1.807, 2.05) is 18.2 Å². The second-order valence-corrected chi connectivity index (χ2v) is 11.7. The van der Waals surface area contributed by atoms with Gasteiger partial charge in [0.15, 0.2) is 18.1 Å². The second-order valence-electron chi connectivity index (χ2n) is 11.7. The fourth-order valence-electron chi connectivity index (χ4n) is 8.29. The van der Waals surface area contributed by atoms with Gasteiger partial charge in [-0.2, -0.15) is 0 Å². The Kier molecular flexibility index (Phi) is 5.85. The molecule has 2 unspecified atom stereocenters. The SMILES string of the molecule is COc1cc2c(cc1OC)CN(C(=O)C13CC4CC(C1)CC(c1ccc(OCC(=O)O)cc1)(C4)C3)CC2. The molecule has 2 aromatic carbocycles. The fraction of sp³-hybridized carbons (Fsp3) is 0.533. The van der Waals surface area contributed by atoms with Gasteiger partial charge >= 0.3 is 5.97 Å². The van der Waals surface area contributed by atoms with Gasteiger partial charge in [0, 0.05) is 13.1 Å². The molecule has 1 heterocycles. The Hall–Kier alpha value is -3.22. The maximum absolute atomic E-state index is 14.3. The zero-order chi connectivity index (χ0) is 25.8. The zero-order valence-electron chi connectivity index (χ0n) is 21.6. The van der Waals surface area contributed by atoms with Crippen molar-refractivity contribution in [2.24, 2.45) is 17.3 Å². The van der Waals surface area contributed by atoms with Gasteiger partial charge in [-0.1, -0.05) is 12.1 Å². The van der Waals surface area contributed by atoms with Crippen molar-refractivity contribution in [3.05, 3.63) is 53.1 Å². The summed E-state index contributed by atoms with van der Waals surface area (Å²) in [7, 11) is 3.30. The van der Waals surface area contributed by atoms with Crippen LogP contribution in [0.3, 0.4) is 0 Å². The number of carbonyl (C=O) groups is 2. The number of fused-ring (bicyclic) bond motifs is 1. The van der Waals surface area contributed by atoms with Gasteiger partial charge < -0.3 is 24.2 Å². The molecule has 4 fully saturated rings. The van der Waals surface area contributed by atoms with E-state index in [-0.39, 0.29) is 17.4 Å². The lowest BCUT2D eigenvalue weighted by Gasteiger charge is -2.62. The number of hydrogen-bond acceptors (Lipinski definition) is 5. The minimum Gasteiger partial charge on any atom is -0.493 e. The van der Waals surface area contributed by atoms with Gasteiger partial charge in [-0.05, 0) is 103 Å². The highest BCUT2D eigenvalue weighted by molar-refractivity contribution is 5.84. The van der Waals surface area contributed by atoms with Gasteiger partial charge in [-0.3, -0.25) is 4.79 Å². The summed E-state index contributed by atoms with van der Waals surface area (Å²) in [6, 6.07) is 12.0. The van der Waals surface area contributed by atoms with E-state index in [0.717, 1.165) is 56.4 Å². The van der Waals surface area contributed by atoms with E-state index >= 15 is 0 Å². The molecular formula is C30H35NO6. The molecule has 1 N–H and O–H groups in total. The number of amides is 1. The molecule has 0 radical (unpaired) electrons. The Labute approximate surface area is 217 Å². The molecular weight excluding hydrogens is 470 g/mol. The molecule has 5 aliphatic rings. The maximum Gasteiger partial charge on any atom is 0.341 e. The largest absolute Gasteiger partial charge is 0.493 e. The summed E-state index contributed by atoms with van der Waals surface area (Å²) in [6.45, 7) is 1.01. The van der Waals surface area contributed by atoms with Crippen LogP contribution in [-0.2, 0) is 28.0 Å². The Morgan fingerprint density at radius 3 is 2.24 bits per heavy atom. The highest BCUT2D eigenvalue weighted by atomic mass is 16.5. The van der Waals surface area contributed by atoms with Crippen molar-refractivity contribution in [2.45, 2.75) is 56.9 Å². The number of carboxylic acids is 1. The first-order chi connectivity index (χ1) is 17.8.